The van der Waals surface area contributed by atoms with Crippen LogP contribution >= 0.6 is 0 Å². The van der Waals surface area contributed by atoms with Crippen molar-refractivity contribution < 1.29 is 9.47 Å². The number of rotatable bonds is 4. The first-order valence-corrected chi connectivity index (χ1v) is 4.24. The van der Waals surface area contributed by atoms with Gasteiger partial charge in [0.25, 0.3) is 0 Å². The van der Waals surface area contributed by atoms with Gasteiger partial charge >= 0.3 is 0 Å². The molecule has 0 unspecified atom stereocenters. The molecule has 0 atom stereocenters. The highest BCUT2D eigenvalue weighted by molar-refractivity contribution is 5.20. The highest BCUT2D eigenvalue weighted by Gasteiger charge is 2.29. The Bertz CT molecular complexity index is 231. The van der Waals surface area contributed by atoms with Crippen LogP contribution in [0.1, 0.15) is 12.0 Å². The standard InChI is InChI=1S/C11H15O2/c1-4-11(12-2,13-3)10-8-6-5-7-9-10/h5-9H,1,4H2,2-3H3. The summed E-state index contributed by atoms with van der Waals surface area (Å²) in [6.07, 6.45) is 0.546. The quantitative estimate of drug-likeness (QED) is 0.660. The molecule has 2 heteroatoms. The molecule has 0 saturated carbocycles. The van der Waals surface area contributed by atoms with Crippen molar-refractivity contribution in [3.8, 4) is 0 Å². The van der Waals surface area contributed by atoms with E-state index in [1.807, 2.05) is 30.3 Å². The molecule has 1 aromatic rings. The molecule has 0 N–H and O–H groups in total. The first-order valence-electron chi connectivity index (χ1n) is 4.24. The van der Waals surface area contributed by atoms with E-state index in [-0.39, 0.29) is 0 Å². The van der Waals surface area contributed by atoms with Crippen LogP contribution in [0, 0.1) is 6.92 Å². The Morgan fingerprint density at radius 1 is 1.15 bits per heavy atom. The zero-order valence-corrected chi connectivity index (χ0v) is 8.12. The number of ether oxygens (including phenoxy) is 2. The second kappa shape index (κ2) is 4.40. The van der Waals surface area contributed by atoms with E-state index in [1.165, 1.54) is 0 Å². The van der Waals surface area contributed by atoms with Crippen molar-refractivity contribution in [2.24, 2.45) is 0 Å². The summed E-state index contributed by atoms with van der Waals surface area (Å²) in [4.78, 5) is 0. The van der Waals surface area contributed by atoms with Gasteiger partial charge in [-0.05, 0) is 6.92 Å². The molecule has 1 radical (unpaired) electrons. The Kier molecular flexibility index (Phi) is 3.46. The van der Waals surface area contributed by atoms with Gasteiger partial charge in [-0.15, -0.1) is 0 Å². The molecule has 1 rings (SSSR count). The van der Waals surface area contributed by atoms with Crippen molar-refractivity contribution in [1.29, 1.82) is 0 Å². The van der Waals surface area contributed by atoms with Gasteiger partial charge in [0.15, 0.2) is 5.79 Å². The Hall–Kier alpha value is -0.860. The van der Waals surface area contributed by atoms with Crippen molar-refractivity contribution in [3.63, 3.8) is 0 Å². The van der Waals surface area contributed by atoms with E-state index in [0.29, 0.717) is 6.42 Å². The summed E-state index contributed by atoms with van der Waals surface area (Å²) in [6.45, 7) is 3.83. The molecule has 71 valence electrons. The van der Waals surface area contributed by atoms with Crippen LogP contribution in [0.2, 0.25) is 0 Å². The average Bonchev–Trinajstić information content (AvgIpc) is 2.23. The number of methoxy groups -OCH3 is 2. The summed E-state index contributed by atoms with van der Waals surface area (Å²) in [5, 5.41) is 0. The van der Waals surface area contributed by atoms with Gasteiger partial charge in [-0.1, -0.05) is 30.3 Å². The molecule has 1 aromatic carbocycles. The Morgan fingerprint density at radius 3 is 2.08 bits per heavy atom. The van der Waals surface area contributed by atoms with Crippen LogP contribution in [0.15, 0.2) is 30.3 Å². The third kappa shape index (κ3) is 1.90. The lowest BCUT2D eigenvalue weighted by atomic mass is 10.0. The second-order valence-corrected chi connectivity index (χ2v) is 2.78. The molecule has 13 heavy (non-hydrogen) atoms. The normalized spacial score (nSPS) is 11.6. The van der Waals surface area contributed by atoms with Gasteiger partial charge in [0.2, 0.25) is 0 Å². The van der Waals surface area contributed by atoms with E-state index in [4.69, 9.17) is 9.47 Å². The minimum Gasteiger partial charge on any atom is -0.349 e. The van der Waals surface area contributed by atoms with Crippen LogP contribution in [-0.4, -0.2) is 14.2 Å². The number of benzene rings is 1. The van der Waals surface area contributed by atoms with E-state index in [2.05, 4.69) is 6.92 Å². The molecular formula is C11H15O2. The molecule has 0 aliphatic heterocycles. The third-order valence-corrected chi connectivity index (χ3v) is 2.20. The van der Waals surface area contributed by atoms with E-state index in [9.17, 15) is 0 Å². The third-order valence-electron chi connectivity index (χ3n) is 2.20. The smallest absolute Gasteiger partial charge is 0.194 e. The maximum absolute atomic E-state index is 5.34. The fraction of sp³-hybridized carbons (Fsp3) is 0.364. The molecule has 2 nitrogen and oxygen atoms in total. The van der Waals surface area contributed by atoms with E-state index in [1.54, 1.807) is 14.2 Å². The highest BCUT2D eigenvalue weighted by Crippen LogP contribution is 2.28. The molecule has 0 spiro atoms. The Morgan fingerprint density at radius 2 is 1.69 bits per heavy atom. The van der Waals surface area contributed by atoms with Crippen LogP contribution in [0.5, 0.6) is 0 Å². The highest BCUT2D eigenvalue weighted by atomic mass is 16.7. The van der Waals surface area contributed by atoms with Crippen LogP contribution in [0.3, 0.4) is 0 Å². The zero-order valence-electron chi connectivity index (χ0n) is 8.12. The Labute approximate surface area is 79.5 Å². The SMILES string of the molecule is [CH2]CC(OC)(OC)c1ccccc1. The minimum absolute atomic E-state index is 0.546. The van der Waals surface area contributed by atoms with Gasteiger partial charge in [-0.2, -0.15) is 0 Å². The van der Waals surface area contributed by atoms with E-state index < -0.39 is 5.79 Å². The monoisotopic (exact) mass is 179 g/mol. The molecule has 0 fully saturated rings. The lowest BCUT2D eigenvalue weighted by molar-refractivity contribution is -0.213. The predicted octanol–water partition coefficient (Wildman–Crippen LogP) is 2.36. The summed E-state index contributed by atoms with van der Waals surface area (Å²) in [7, 11) is 3.25. The van der Waals surface area contributed by atoms with Crippen LogP contribution in [0.25, 0.3) is 0 Å². The molecule has 0 aromatic heterocycles. The molecule has 0 bridgehead atoms. The van der Waals surface area contributed by atoms with Crippen LogP contribution < -0.4 is 0 Å². The fourth-order valence-electron chi connectivity index (χ4n) is 1.36. The van der Waals surface area contributed by atoms with Crippen molar-refractivity contribution >= 4 is 0 Å². The van der Waals surface area contributed by atoms with Gasteiger partial charge in [-0.25, -0.2) is 0 Å². The number of hydrogen-bond donors (Lipinski definition) is 0. The first-order chi connectivity index (χ1) is 6.29. The minimum atomic E-state index is -0.693. The summed E-state index contributed by atoms with van der Waals surface area (Å²) in [5.41, 5.74) is 0.995. The maximum Gasteiger partial charge on any atom is 0.194 e. The van der Waals surface area contributed by atoms with Crippen molar-refractivity contribution in [2.45, 2.75) is 12.2 Å². The average molecular weight is 179 g/mol. The second-order valence-electron chi connectivity index (χ2n) is 2.78. The van der Waals surface area contributed by atoms with E-state index in [0.717, 1.165) is 5.56 Å². The molecule has 0 heterocycles. The lowest BCUT2D eigenvalue weighted by Crippen LogP contribution is -2.29. The number of hydrogen-bond acceptors (Lipinski definition) is 2. The topological polar surface area (TPSA) is 18.5 Å². The van der Waals surface area contributed by atoms with Crippen LogP contribution in [-0.2, 0) is 15.3 Å². The van der Waals surface area contributed by atoms with Gasteiger partial charge in [-0.3, -0.25) is 0 Å². The van der Waals surface area contributed by atoms with Gasteiger partial charge in [0.1, 0.15) is 0 Å². The van der Waals surface area contributed by atoms with Crippen molar-refractivity contribution in [3.05, 3.63) is 42.8 Å². The molecule has 0 saturated heterocycles. The summed E-state index contributed by atoms with van der Waals surface area (Å²) < 4.78 is 10.7. The molecule has 0 aliphatic carbocycles. The van der Waals surface area contributed by atoms with E-state index >= 15 is 0 Å². The largest absolute Gasteiger partial charge is 0.349 e. The zero-order chi connectivity index (χ0) is 9.73. The van der Waals surface area contributed by atoms with Crippen molar-refractivity contribution in [2.75, 3.05) is 14.2 Å². The summed E-state index contributed by atoms with van der Waals surface area (Å²) in [5.74, 6) is -0.693. The maximum atomic E-state index is 5.34. The predicted molar refractivity (Wildman–Crippen MR) is 52.1 cm³/mol. The molecular weight excluding hydrogens is 164 g/mol. The van der Waals surface area contributed by atoms with Gasteiger partial charge < -0.3 is 9.47 Å². The summed E-state index contributed by atoms with van der Waals surface area (Å²) >= 11 is 0. The van der Waals surface area contributed by atoms with Gasteiger partial charge in [0.05, 0.1) is 0 Å². The first kappa shape index (κ1) is 10.2. The lowest BCUT2D eigenvalue weighted by Gasteiger charge is -2.29. The molecule has 0 amide bonds. The summed E-state index contributed by atoms with van der Waals surface area (Å²) in [6, 6.07) is 9.81. The fourth-order valence-corrected chi connectivity index (χ4v) is 1.36. The van der Waals surface area contributed by atoms with Gasteiger partial charge in [0, 0.05) is 26.2 Å². The molecule has 0 aliphatic rings. The van der Waals surface area contributed by atoms with Crippen LogP contribution in [0.4, 0.5) is 0 Å². The Balaban J connectivity index is 3.01. The van der Waals surface area contributed by atoms with Crippen molar-refractivity contribution in [1.82, 2.24) is 0 Å².